The summed E-state index contributed by atoms with van der Waals surface area (Å²) in [5, 5.41) is 0. The van der Waals surface area contributed by atoms with E-state index in [1.165, 1.54) is 15.0 Å². The summed E-state index contributed by atoms with van der Waals surface area (Å²) < 4.78 is 1.48. The molecule has 0 aromatic heterocycles. The second kappa shape index (κ2) is 6.04. The summed E-state index contributed by atoms with van der Waals surface area (Å²) in [7, 11) is 0. The fraction of sp³-hybridized carbons (Fsp3) is 0.200. The van der Waals surface area contributed by atoms with Gasteiger partial charge in [0, 0.05) is 0 Å². The van der Waals surface area contributed by atoms with E-state index in [0.29, 0.717) is 5.92 Å². The van der Waals surface area contributed by atoms with Crippen LogP contribution in [0, 0.1) is 0 Å². The SMILES string of the molecule is CC1[C]([Ti+3])=Cc2ccccc21.[F-].[F-].[F-]. The molecule has 2 rings (SSSR count). The minimum atomic E-state index is 0. The van der Waals surface area contributed by atoms with E-state index in [-0.39, 0.29) is 14.1 Å². The number of rotatable bonds is 0. The zero-order chi connectivity index (χ0) is 7.84. The largest absolute Gasteiger partial charge is 1.00 e. The van der Waals surface area contributed by atoms with Crippen molar-refractivity contribution in [2.75, 3.05) is 0 Å². The van der Waals surface area contributed by atoms with Crippen LogP contribution in [0.15, 0.2) is 28.1 Å². The van der Waals surface area contributed by atoms with E-state index in [2.05, 4.69) is 57.7 Å². The van der Waals surface area contributed by atoms with Crippen LogP contribution in [0.3, 0.4) is 0 Å². The summed E-state index contributed by atoms with van der Waals surface area (Å²) in [6.45, 7) is 2.26. The molecule has 1 aromatic carbocycles. The fourth-order valence-electron chi connectivity index (χ4n) is 1.50. The van der Waals surface area contributed by atoms with Crippen LogP contribution in [0.5, 0.6) is 0 Å². The second-order valence-electron chi connectivity index (χ2n) is 2.95. The van der Waals surface area contributed by atoms with Gasteiger partial charge in [-0.1, -0.05) is 0 Å². The van der Waals surface area contributed by atoms with Crippen molar-refractivity contribution in [3.8, 4) is 0 Å². The number of hydrogen-bond donors (Lipinski definition) is 0. The molecule has 0 amide bonds. The molecule has 0 radical (unpaired) electrons. The maximum absolute atomic E-state index is 2.28. The molecule has 1 aliphatic rings. The first kappa shape index (κ1) is 15.9. The van der Waals surface area contributed by atoms with Crippen molar-refractivity contribution >= 4 is 6.08 Å². The van der Waals surface area contributed by atoms with Crippen molar-refractivity contribution in [3.05, 3.63) is 39.3 Å². The van der Waals surface area contributed by atoms with Crippen LogP contribution >= 0.6 is 0 Å². The molecule has 0 saturated heterocycles. The van der Waals surface area contributed by atoms with Crippen LogP contribution in [0.25, 0.3) is 6.08 Å². The van der Waals surface area contributed by atoms with Crippen LogP contribution in [0.4, 0.5) is 0 Å². The molecule has 0 heterocycles. The molecular weight excluding hydrogens is 225 g/mol. The van der Waals surface area contributed by atoms with Crippen LogP contribution in [0.2, 0.25) is 0 Å². The Balaban J connectivity index is 0. The molecule has 1 atom stereocenters. The van der Waals surface area contributed by atoms with Crippen molar-refractivity contribution in [2.24, 2.45) is 0 Å². The summed E-state index contributed by atoms with van der Waals surface area (Å²) in [6.07, 6.45) is 2.28. The van der Waals surface area contributed by atoms with E-state index in [1.807, 2.05) is 0 Å². The minimum Gasteiger partial charge on any atom is -1.00 e. The van der Waals surface area contributed by atoms with E-state index >= 15 is 0 Å². The van der Waals surface area contributed by atoms with Crippen molar-refractivity contribution < 1.29 is 34.5 Å². The molecule has 14 heavy (non-hydrogen) atoms. The maximum atomic E-state index is 2.28. The number of halogens is 3. The monoisotopic (exact) mass is 234 g/mol. The fourth-order valence-corrected chi connectivity index (χ4v) is 1.98. The zero-order valence-corrected chi connectivity index (χ0v) is 9.16. The Morgan fingerprint density at radius 1 is 1.07 bits per heavy atom. The Hall–Kier alpha value is -0.536. The molecule has 0 spiro atoms. The van der Waals surface area contributed by atoms with Gasteiger partial charge in [-0.3, -0.25) is 0 Å². The van der Waals surface area contributed by atoms with Crippen LogP contribution < -0.4 is 14.1 Å². The van der Waals surface area contributed by atoms with E-state index in [9.17, 15) is 0 Å². The van der Waals surface area contributed by atoms with Crippen LogP contribution in [-0.2, 0) is 20.4 Å². The van der Waals surface area contributed by atoms with Gasteiger partial charge >= 0.3 is 78.6 Å². The number of allylic oxidation sites excluding steroid dienone is 1. The molecule has 0 saturated carbocycles. The third kappa shape index (κ3) is 2.49. The molecule has 0 N–H and O–H groups in total. The average Bonchev–Trinajstić information content (AvgIpc) is 2.30. The Kier molecular flexibility index (Phi) is 6.87. The molecule has 1 aliphatic carbocycles. The van der Waals surface area contributed by atoms with Gasteiger partial charge in [-0.25, -0.2) is 0 Å². The van der Waals surface area contributed by atoms with Gasteiger partial charge in [0.1, 0.15) is 0 Å². The van der Waals surface area contributed by atoms with Gasteiger partial charge in [0.2, 0.25) is 0 Å². The van der Waals surface area contributed by atoms with Gasteiger partial charge in [0.05, 0.1) is 0 Å². The molecule has 1 aromatic rings. The summed E-state index contributed by atoms with van der Waals surface area (Å²) in [4.78, 5) is 0. The first-order valence-corrected chi connectivity index (χ1v) is 4.59. The van der Waals surface area contributed by atoms with Gasteiger partial charge in [0.15, 0.2) is 0 Å². The predicted octanol–water partition coefficient (Wildman–Crippen LogP) is -6.30. The second-order valence-corrected chi connectivity index (χ2v) is 3.85. The quantitative estimate of drug-likeness (QED) is 0.392. The van der Waals surface area contributed by atoms with Crippen molar-refractivity contribution in [2.45, 2.75) is 12.8 Å². The topological polar surface area (TPSA) is 0 Å². The molecule has 0 bridgehead atoms. The van der Waals surface area contributed by atoms with Gasteiger partial charge < -0.3 is 14.1 Å². The molecule has 0 fully saturated rings. The maximum Gasteiger partial charge on any atom is -1.00 e. The Bertz CT molecular complexity index is 323. The number of fused-ring (bicyclic) bond motifs is 1. The van der Waals surface area contributed by atoms with E-state index in [0.717, 1.165) is 0 Å². The van der Waals surface area contributed by atoms with E-state index in [1.54, 1.807) is 0 Å². The third-order valence-electron chi connectivity index (χ3n) is 2.24. The molecule has 0 nitrogen and oxygen atoms in total. The molecule has 74 valence electrons. The Morgan fingerprint density at radius 2 is 1.64 bits per heavy atom. The van der Waals surface area contributed by atoms with Crippen molar-refractivity contribution in [1.82, 2.24) is 0 Å². The predicted molar refractivity (Wildman–Crippen MR) is 42.8 cm³/mol. The zero-order valence-electron chi connectivity index (χ0n) is 7.60. The standard InChI is InChI=1S/C10H9.3FH.Ti/c1-8-6-7-9-4-2-3-5-10(8)9;;;;/h2-5,7-8H,1H3;3*1H;/q;;;;+3/p-3. The average molecular weight is 234 g/mol. The summed E-state index contributed by atoms with van der Waals surface area (Å²) in [5.74, 6) is 0.631. The van der Waals surface area contributed by atoms with Crippen molar-refractivity contribution in [1.29, 1.82) is 0 Å². The molecule has 1 unspecified atom stereocenters. The Labute approximate surface area is 92.9 Å². The molecule has 0 aliphatic heterocycles. The first-order valence-electron chi connectivity index (χ1n) is 3.81. The smallest absolute Gasteiger partial charge is 1.00 e. The van der Waals surface area contributed by atoms with Gasteiger partial charge in [-0.15, -0.1) is 0 Å². The van der Waals surface area contributed by atoms with Gasteiger partial charge in [0.25, 0.3) is 0 Å². The van der Waals surface area contributed by atoms with Gasteiger partial charge in [-0.2, -0.15) is 0 Å². The van der Waals surface area contributed by atoms with Crippen LogP contribution in [-0.4, -0.2) is 0 Å². The van der Waals surface area contributed by atoms with E-state index in [4.69, 9.17) is 0 Å². The summed E-state index contributed by atoms with van der Waals surface area (Å²) in [5.41, 5.74) is 2.88. The summed E-state index contributed by atoms with van der Waals surface area (Å²) >= 11 is 2.20. The minimum absolute atomic E-state index is 0. The van der Waals surface area contributed by atoms with Crippen molar-refractivity contribution in [3.63, 3.8) is 0 Å². The molecule has 4 heteroatoms. The number of benzene rings is 1. The Morgan fingerprint density at radius 3 is 2.21 bits per heavy atom. The number of hydrogen-bond acceptors (Lipinski definition) is 0. The third-order valence-corrected chi connectivity index (χ3v) is 3.14. The van der Waals surface area contributed by atoms with Crippen LogP contribution in [0.1, 0.15) is 24.0 Å². The first-order chi connectivity index (χ1) is 5.29. The molecular formula is C10H9F3Ti. The van der Waals surface area contributed by atoms with Gasteiger partial charge in [-0.05, 0) is 0 Å². The van der Waals surface area contributed by atoms with E-state index < -0.39 is 0 Å². The normalized spacial score (nSPS) is 16.8. The summed E-state index contributed by atoms with van der Waals surface area (Å²) in [6, 6.07) is 8.61.